The second kappa shape index (κ2) is 8.48. The number of carbonyl (C=O) groups is 1. The number of phenols is 1. The van der Waals surface area contributed by atoms with E-state index < -0.39 is 12.0 Å². The highest BCUT2D eigenvalue weighted by atomic mass is 17.1. The van der Waals surface area contributed by atoms with E-state index in [4.69, 9.17) is 5.26 Å². The van der Waals surface area contributed by atoms with E-state index in [1.165, 1.54) is 0 Å². The molecule has 0 aromatic heterocycles. The fraction of sp³-hybridized carbons (Fsp3) is 0.444. The number of likely N-dealkylation sites (tertiary alicyclic amines) is 1. The molecule has 0 saturated carbocycles. The van der Waals surface area contributed by atoms with Crippen LogP contribution in [0.5, 0.6) is 5.75 Å². The largest absolute Gasteiger partial charge is 0.507 e. The first kappa shape index (κ1) is 18.0. The van der Waals surface area contributed by atoms with Crippen LogP contribution < -0.4 is 0 Å². The molecule has 1 aromatic rings. The molecule has 1 saturated heterocycles. The topological polar surface area (TPSA) is 82.4 Å². The maximum absolute atomic E-state index is 12.0. The van der Waals surface area contributed by atoms with Gasteiger partial charge in [0, 0.05) is 25.4 Å². The second-order valence-electron chi connectivity index (χ2n) is 5.95. The Hall–Kier alpha value is -2.36. The second-order valence-corrected chi connectivity index (χ2v) is 5.95. The molecule has 2 N–H and O–H groups in total. The lowest BCUT2D eigenvalue weighted by molar-refractivity contribution is -0.270. The van der Waals surface area contributed by atoms with E-state index in [1.54, 1.807) is 32.2 Å². The average Bonchev–Trinajstić information content (AvgIpc) is 3.07. The lowest BCUT2D eigenvalue weighted by Gasteiger charge is -2.11. The summed E-state index contributed by atoms with van der Waals surface area (Å²) in [6.07, 6.45) is 3.07. The minimum absolute atomic E-state index is 0.151. The number of nitrogens with zero attached hydrogens (tertiary/aromatic N) is 2. The normalized spacial score (nSPS) is 14.7. The first-order valence-electron chi connectivity index (χ1n) is 7.93. The molecule has 6 heteroatoms. The molecule has 1 fully saturated rings. The molecule has 0 radical (unpaired) electrons. The number of aromatic hydroxyl groups is 1. The van der Waals surface area contributed by atoms with Gasteiger partial charge in [-0.3, -0.25) is 10.1 Å². The summed E-state index contributed by atoms with van der Waals surface area (Å²) in [6.45, 7) is 5.49. The van der Waals surface area contributed by atoms with Gasteiger partial charge in [-0.2, -0.15) is 4.99 Å². The Kier molecular flexibility index (Phi) is 6.36. The standard InChI is InChI=1S/C18H22N2O4/c1-13-10-15(11-14(2)17(13)21)12-16(24-23)18(22)19-6-5-9-20-7-3-4-8-20/h9-11,16,21,23H,3-4,7-8,12H2,1-2H3/t16-/m1/s1. The predicted molar refractivity (Wildman–Crippen MR) is 90.1 cm³/mol. The molecular weight excluding hydrogens is 308 g/mol. The highest BCUT2D eigenvalue weighted by molar-refractivity contribution is 5.87. The molecule has 0 spiro atoms. The number of amides is 1. The summed E-state index contributed by atoms with van der Waals surface area (Å²) in [7, 11) is 0. The van der Waals surface area contributed by atoms with Crippen molar-refractivity contribution in [3.05, 3.63) is 40.8 Å². The van der Waals surface area contributed by atoms with Gasteiger partial charge in [0.1, 0.15) is 5.75 Å². The molecule has 1 atom stereocenters. The smallest absolute Gasteiger partial charge is 0.287 e. The summed E-state index contributed by atoms with van der Waals surface area (Å²) in [5.74, 6) is 2.03. The summed E-state index contributed by atoms with van der Waals surface area (Å²) in [4.78, 5) is 21.9. The highest BCUT2D eigenvalue weighted by Crippen LogP contribution is 2.23. The van der Waals surface area contributed by atoms with Gasteiger partial charge >= 0.3 is 0 Å². The molecule has 6 nitrogen and oxygen atoms in total. The van der Waals surface area contributed by atoms with Crippen LogP contribution in [-0.4, -0.2) is 46.2 Å². The lowest BCUT2D eigenvalue weighted by atomic mass is 10.0. The summed E-state index contributed by atoms with van der Waals surface area (Å²) in [6, 6.07) is 3.49. The Labute approximate surface area is 141 Å². The summed E-state index contributed by atoms with van der Waals surface area (Å²) in [5, 5.41) is 18.8. The molecule has 2 rings (SSSR count). The van der Waals surface area contributed by atoms with Crippen LogP contribution in [0.3, 0.4) is 0 Å². The van der Waals surface area contributed by atoms with E-state index in [0.29, 0.717) is 11.1 Å². The predicted octanol–water partition coefficient (Wildman–Crippen LogP) is 2.37. The summed E-state index contributed by atoms with van der Waals surface area (Å²) < 4.78 is 0. The van der Waals surface area contributed by atoms with Gasteiger partial charge in [-0.25, -0.2) is 4.89 Å². The fourth-order valence-corrected chi connectivity index (χ4v) is 2.70. The van der Waals surface area contributed by atoms with Crippen LogP contribution in [0, 0.1) is 13.8 Å². The Bertz CT molecular complexity index is 672. The van der Waals surface area contributed by atoms with Crippen LogP contribution in [0.4, 0.5) is 0 Å². The molecule has 0 aliphatic carbocycles. The van der Waals surface area contributed by atoms with Crippen molar-refractivity contribution in [2.75, 3.05) is 13.1 Å². The lowest BCUT2D eigenvalue weighted by Crippen LogP contribution is -2.24. The first-order valence-corrected chi connectivity index (χ1v) is 7.93. The number of hydrogen-bond acceptors (Lipinski definition) is 5. The van der Waals surface area contributed by atoms with Crippen LogP contribution >= 0.6 is 0 Å². The van der Waals surface area contributed by atoms with Crippen molar-refractivity contribution in [1.82, 2.24) is 4.90 Å². The van der Waals surface area contributed by atoms with Gasteiger partial charge in [0.2, 0.25) is 0 Å². The van der Waals surface area contributed by atoms with Crippen molar-refractivity contribution in [3.8, 4) is 5.75 Å². The van der Waals surface area contributed by atoms with Gasteiger partial charge < -0.3 is 10.0 Å². The number of benzene rings is 1. The Morgan fingerprint density at radius 2 is 2.00 bits per heavy atom. The van der Waals surface area contributed by atoms with Crippen molar-refractivity contribution >= 4 is 11.8 Å². The van der Waals surface area contributed by atoms with E-state index in [9.17, 15) is 9.90 Å². The van der Waals surface area contributed by atoms with Gasteiger partial charge in [0.25, 0.3) is 5.91 Å². The summed E-state index contributed by atoms with van der Waals surface area (Å²) >= 11 is 0. The van der Waals surface area contributed by atoms with Crippen LogP contribution in [0.2, 0.25) is 0 Å². The molecule has 1 aliphatic rings. The average molecular weight is 330 g/mol. The molecule has 1 aromatic carbocycles. The number of aliphatic imine (C=N–C) groups is 1. The third kappa shape index (κ3) is 4.82. The van der Waals surface area contributed by atoms with Gasteiger partial charge in [0.05, 0.1) is 6.20 Å². The maximum atomic E-state index is 12.0. The van der Waals surface area contributed by atoms with Crippen molar-refractivity contribution in [1.29, 1.82) is 0 Å². The fourth-order valence-electron chi connectivity index (χ4n) is 2.70. The van der Waals surface area contributed by atoms with Crippen LogP contribution in [0.25, 0.3) is 0 Å². The highest BCUT2D eigenvalue weighted by Gasteiger charge is 2.20. The number of hydrogen-bond donors (Lipinski definition) is 2. The number of phenolic OH excluding ortho intramolecular Hbond substituents is 1. The SMILES string of the molecule is Cc1cc(C[C@@H](OO)C(=O)N=C=C=CN2CCCC2)cc(C)c1O. The molecular formula is C18H22N2O4. The minimum Gasteiger partial charge on any atom is -0.507 e. The first-order chi connectivity index (χ1) is 11.5. The number of aryl methyl sites for hydroxylation is 2. The minimum atomic E-state index is -1.12. The van der Waals surface area contributed by atoms with Crippen molar-refractivity contribution in [3.63, 3.8) is 0 Å². The Balaban J connectivity index is 2.04. The molecule has 0 bridgehead atoms. The molecule has 1 aliphatic heterocycles. The monoisotopic (exact) mass is 330 g/mol. The molecule has 0 unspecified atom stereocenters. The van der Waals surface area contributed by atoms with Crippen LogP contribution in [-0.2, 0) is 16.1 Å². The van der Waals surface area contributed by atoms with Crippen LogP contribution in [0.15, 0.2) is 29.1 Å². The zero-order valence-electron chi connectivity index (χ0n) is 14.0. The van der Waals surface area contributed by atoms with E-state index in [1.807, 2.05) is 0 Å². The zero-order chi connectivity index (χ0) is 17.5. The Morgan fingerprint density at radius 3 is 2.58 bits per heavy atom. The van der Waals surface area contributed by atoms with Gasteiger partial charge in [-0.05, 0) is 49.1 Å². The van der Waals surface area contributed by atoms with Crippen molar-refractivity contribution in [2.45, 2.75) is 39.2 Å². The quantitative estimate of drug-likeness (QED) is 0.375. The maximum Gasteiger partial charge on any atom is 0.287 e. The third-order valence-corrected chi connectivity index (χ3v) is 3.99. The third-order valence-electron chi connectivity index (χ3n) is 3.99. The van der Waals surface area contributed by atoms with E-state index in [0.717, 1.165) is 31.5 Å². The molecule has 1 amide bonds. The summed E-state index contributed by atoms with van der Waals surface area (Å²) in [5.41, 5.74) is 4.89. The van der Waals surface area contributed by atoms with Crippen molar-refractivity contribution in [2.24, 2.45) is 4.99 Å². The van der Waals surface area contributed by atoms with Gasteiger partial charge in [0.15, 0.2) is 6.10 Å². The molecule has 1 heterocycles. The molecule has 128 valence electrons. The van der Waals surface area contributed by atoms with E-state index in [-0.39, 0.29) is 12.2 Å². The van der Waals surface area contributed by atoms with E-state index in [2.05, 4.69) is 26.4 Å². The number of rotatable bonds is 5. The zero-order valence-corrected chi connectivity index (χ0v) is 14.0. The molecule has 24 heavy (non-hydrogen) atoms. The Morgan fingerprint density at radius 1 is 1.38 bits per heavy atom. The number of carbonyl (C=O) groups excluding carboxylic acids is 1. The van der Waals surface area contributed by atoms with E-state index >= 15 is 0 Å². The van der Waals surface area contributed by atoms with Crippen LogP contribution in [0.1, 0.15) is 29.5 Å². The van der Waals surface area contributed by atoms with Crippen molar-refractivity contribution < 1.29 is 20.0 Å². The van der Waals surface area contributed by atoms with Gasteiger partial charge in [-0.1, -0.05) is 12.1 Å². The van der Waals surface area contributed by atoms with Gasteiger partial charge in [-0.15, -0.1) is 0 Å².